The number of carbonyl (C=O) groups is 1. The molecule has 0 spiro atoms. The summed E-state index contributed by atoms with van der Waals surface area (Å²) in [5.41, 5.74) is 0.891. The van der Waals surface area contributed by atoms with Gasteiger partial charge in [-0.25, -0.2) is 4.79 Å². The van der Waals surface area contributed by atoms with E-state index in [4.69, 9.17) is 16.7 Å². The fourth-order valence-corrected chi connectivity index (χ4v) is 2.10. The van der Waals surface area contributed by atoms with Crippen molar-refractivity contribution >= 4 is 23.6 Å². The lowest BCUT2D eigenvalue weighted by Gasteiger charge is -2.09. The minimum atomic E-state index is -4.39. The Hall–Kier alpha value is -2.27. The smallest absolute Gasteiger partial charge is 0.416 e. The first kappa shape index (κ1) is 16.1. The Kier molecular flexibility index (Phi) is 4.56. The Morgan fingerprint density at radius 2 is 1.73 bits per heavy atom. The zero-order chi connectivity index (χ0) is 16.3. The molecule has 0 fully saturated rings. The van der Waals surface area contributed by atoms with Crippen LogP contribution in [0.4, 0.5) is 13.2 Å². The topological polar surface area (TPSA) is 37.3 Å². The number of halogens is 4. The van der Waals surface area contributed by atoms with Gasteiger partial charge in [0.25, 0.3) is 0 Å². The zero-order valence-corrected chi connectivity index (χ0v) is 11.8. The van der Waals surface area contributed by atoms with Crippen LogP contribution < -0.4 is 0 Å². The normalized spacial score (nSPS) is 11.8. The summed E-state index contributed by atoms with van der Waals surface area (Å²) in [7, 11) is 0. The van der Waals surface area contributed by atoms with E-state index in [0.29, 0.717) is 21.7 Å². The van der Waals surface area contributed by atoms with Crippen molar-refractivity contribution in [3.8, 4) is 11.1 Å². The van der Waals surface area contributed by atoms with E-state index >= 15 is 0 Å². The Labute approximate surface area is 129 Å². The van der Waals surface area contributed by atoms with Crippen LogP contribution in [0.5, 0.6) is 0 Å². The molecule has 6 heteroatoms. The van der Waals surface area contributed by atoms with Gasteiger partial charge in [-0.05, 0) is 41.5 Å². The molecule has 0 amide bonds. The maximum absolute atomic E-state index is 12.6. The summed E-state index contributed by atoms with van der Waals surface area (Å²) >= 11 is 6.06. The van der Waals surface area contributed by atoms with E-state index in [1.165, 1.54) is 18.2 Å². The van der Waals surface area contributed by atoms with Gasteiger partial charge >= 0.3 is 12.1 Å². The summed E-state index contributed by atoms with van der Waals surface area (Å²) < 4.78 is 37.7. The van der Waals surface area contributed by atoms with Crippen molar-refractivity contribution in [2.75, 3.05) is 0 Å². The lowest BCUT2D eigenvalue weighted by atomic mass is 10.0. The van der Waals surface area contributed by atoms with Crippen LogP contribution in [0.3, 0.4) is 0 Å². The molecule has 0 saturated heterocycles. The molecule has 0 unspecified atom stereocenters. The molecule has 0 aliphatic rings. The van der Waals surface area contributed by atoms with Crippen molar-refractivity contribution in [1.29, 1.82) is 0 Å². The van der Waals surface area contributed by atoms with E-state index in [9.17, 15) is 18.0 Å². The number of carboxylic acid groups (broad SMARTS) is 1. The molecule has 0 aliphatic heterocycles. The van der Waals surface area contributed by atoms with Gasteiger partial charge in [-0.1, -0.05) is 29.8 Å². The molecular weight excluding hydrogens is 317 g/mol. The maximum Gasteiger partial charge on any atom is 0.416 e. The standard InChI is InChI=1S/C16H10ClF3O2/c17-14-7-1-10(2-8-15(21)22)9-13(14)11-3-5-12(6-4-11)16(18,19)20/h1-9H,(H,21,22)/b8-2+. The van der Waals surface area contributed by atoms with Crippen LogP contribution in [0.1, 0.15) is 11.1 Å². The molecule has 2 rings (SSSR count). The van der Waals surface area contributed by atoms with Gasteiger partial charge in [-0.2, -0.15) is 13.2 Å². The highest BCUT2D eigenvalue weighted by molar-refractivity contribution is 6.33. The molecule has 0 aliphatic carbocycles. The second kappa shape index (κ2) is 6.23. The van der Waals surface area contributed by atoms with E-state index in [-0.39, 0.29) is 0 Å². The first-order valence-electron chi connectivity index (χ1n) is 6.15. The third-order valence-electron chi connectivity index (χ3n) is 2.93. The van der Waals surface area contributed by atoms with Crippen molar-refractivity contribution in [3.63, 3.8) is 0 Å². The maximum atomic E-state index is 12.6. The Bertz CT molecular complexity index is 719. The van der Waals surface area contributed by atoms with E-state index < -0.39 is 17.7 Å². The van der Waals surface area contributed by atoms with Crippen LogP contribution in [0.15, 0.2) is 48.5 Å². The lowest BCUT2D eigenvalue weighted by molar-refractivity contribution is -0.137. The predicted molar refractivity (Wildman–Crippen MR) is 78.6 cm³/mol. The number of alkyl halides is 3. The van der Waals surface area contributed by atoms with Crippen LogP contribution in [0.2, 0.25) is 5.02 Å². The monoisotopic (exact) mass is 326 g/mol. The number of hydrogen-bond donors (Lipinski definition) is 1. The van der Waals surface area contributed by atoms with Gasteiger partial charge < -0.3 is 5.11 Å². The molecule has 2 nitrogen and oxygen atoms in total. The van der Waals surface area contributed by atoms with Gasteiger partial charge in [0.15, 0.2) is 0 Å². The number of benzene rings is 2. The number of carboxylic acids is 1. The minimum absolute atomic E-state index is 0.368. The van der Waals surface area contributed by atoms with Crippen LogP contribution >= 0.6 is 11.6 Å². The average Bonchev–Trinajstić information content (AvgIpc) is 2.45. The highest BCUT2D eigenvalue weighted by Crippen LogP contribution is 2.33. The van der Waals surface area contributed by atoms with Gasteiger partial charge in [0, 0.05) is 16.7 Å². The van der Waals surface area contributed by atoms with Crippen LogP contribution in [0.25, 0.3) is 17.2 Å². The molecule has 22 heavy (non-hydrogen) atoms. The zero-order valence-electron chi connectivity index (χ0n) is 11.1. The quantitative estimate of drug-likeness (QED) is 0.794. The summed E-state index contributed by atoms with van der Waals surface area (Å²) in [6, 6.07) is 9.41. The summed E-state index contributed by atoms with van der Waals surface area (Å²) in [4.78, 5) is 10.5. The van der Waals surface area contributed by atoms with Gasteiger partial charge in [-0.3, -0.25) is 0 Å². The SMILES string of the molecule is O=C(O)/C=C/c1ccc(Cl)c(-c2ccc(C(F)(F)F)cc2)c1. The summed E-state index contributed by atoms with van der Waals surface area (Å²) in [5.74, 6) is -1.09. The third kappa shape index (κ3) is 3.89. The van der Waals surface area contributed by atoms with Gasteiger partial charge in [0.1, 0.15) is 0 Å². The van der Waals surface area contributed by atoms with E-state index in [1.807, 2.05) is 0 Å². The first-order chi connectivity index (χ1) is 10.3. The van der Waals surface area contributed by atoms with E-state index in [1.54, 1.807) is 18.2 Å². The van der Waals surface area contributed by atoms with Crippen molar-refractivity contribution in [2.24, 2.45) is 0 Å². The largest absolute Gasteiger partial charge is 0.478 e. The second-order valence-electron chi connectivity index (χ2n) is 4.49. The summed E-state index contributed by atoms with van der Waals surface area (Å²) in [6.45, 7) is 0. The molecule has 2 aromatic carbocycles. The molecule has 0 aromatic heterocycles. The highest BCUT2D eigenvalue weighted by Gasteiger charge is 2.30. The average molecular weight is 327 g/mol. The second-order valence-corrected chi connectivity index (χ2v) is 4.89. The minimum Gasteiger partial charge on any atom is -0.478 e. The molecule has 0 bridgehead atoms. The van der Waals surface area contributed by atoms with E-state index in [2.05, 4.69) is 0 Å². The number of rotatable bonds is 3. The molecule has 1 N–H and O–H groups in total. The first-order valence-corrected chi connectivity index (χ1v) is 6.53. The molecule has 0 heterocycles. The molecular formula is C16H10ClF3O2. The fourth-order valence-electron chi connectivity index (χ4n) is 1.87. The molecule has 0 saturated carbocycles. The molecule has 114 valence electrons. The molecule has 2 aromatic rings. The number of hydrogen-bond acceptors (Lipinski definition) is 1. The van der Waals surface area contributed by atoms with Crippen molar-refractivity contribution < 1.29 is 23.1 Å². The Balaban J connectivity index is 2.39. The Morgan fingerprint density at radius 1 is 1.09 bits per heavy atom. The van der Waals surface area contributed by atoms with Crippen molar-refractivity contribution in [3.05, 3.63) is 64.7 Å². The van der Waals surface area contributed by atoms with Crippen molar-refractivity contribution in [1.82, 2.24) is 0 Å². The Morgan fingerprint density at radius 3 is 2.27 bits per heavy atom. The number of aliphatic carboxylic acids is 1. The summed E-state index contributed by atoms with van der Waals surface area (Å²) in [5, 5.41) is 8.97. The lowest BCUT2D eigenvalue weighted by Crippen LogP contribution is -2.04. The van der Waals surface area contributed by atoms with E-state index in [0.717, 1.165) is 18.2 Å². The fraction of sp³-hybridized carbons (Fsp3) is 0.0625. The van der Waals surface area contributed by atoms with Crippen LogP contribution in [-0.4, -0.2) is 11.1 Å². The molecule has 0 atom stereocenters. The summed E-state index contributed by atoms with van der Waals surface area (Å²) in [6.07, 6.45) is -2.04. The molecule has 0 radical (unpaired) electrons. The van der Waals surface area contributed by atoms with Crippen LogP contribution in [0, 0.1) is 0 Å². The highest BCUT2D eigenvalue weighted by atomic mass is 35.5. The van der Waals surface area contributed by atoms with Crippen molar-refractivity contribution in [2.45, 2.75) is 6.18 Å². The van der Waals surface area contributed by atoms with Crippen LogP contribution in [-0.2, 0) is 11.0 Å². The third-order valence-corrected chi connectivity index (χ3v) is 3.26. The van der Waals surface area contributed by atoms with Gasteiger partial charge in [-0.15, -0.1) is 0 Å². The van der Waals surface area contributed by atoms with Gasteiger partial charge in [0.2, 0.25) is 0 Å². The predicted octanol–water partition coefficient (Wildman–Crippen LogP) is 5.12. The van der Waals surface area contributed by atoms with Gasteiger partial charge in [0.05, 0.1) is 5.56 Å².